The number of rotatable bonds is 3. The summed E-state index contributed by atoms with van der Waals surface area (Å²) in [4.78, 5) is 0. The Kier molecular flexibility index (Phi) is 3.97. The first kappa shape index (κ1) is 13.2. The van der Waals surface area contributed by atoms with E-state index in [2.05, 4.69) is 6.07 Å². The summed E-state index contributed by atoms with van der Waals surface area (Å²) in [5.41, 5.74) is 1.95. The standard InChI is InChI=1S/C17H26O2/c18-16-5-10-17(11-6-16)8-3-14(4-9-17)1-2-15-7-12-19-13-15/h7,12-14,16,18H,1-6,8-11H2. The zero-order valence-electron chi connectivity index (χ0n) is 11.8. The molecule has 1 aromatic heterocycles. The van der Waals surface area contributed by atoms with Gasteiger partial charge in [-0.2, -0.15) is 0 Å². The highest BCUT2D eigenvalue weighted by molar-refractivity contribution is 5.05. The van der Waals surface area contributed by atoms with Gasteiger partial charge in [-0.05, 0) is 87.2 Å². The third-order valence-corrected chi connectivity index (χ3v) is 5.60. The van der Waals surface area contributed by atoms with Gasteiger partial charge in [0.05, 0.1) is 18.6 Å². The maximum absolute atomic E-state index is 9.66. The average Bonchev–Trinajstić information content (AvgIpc) is 2.95. The second-order valence-electron chi connectivity index (χ2n) is 6.84. The zero-order chi connectivity index (χ0) is 13.1. The van der Waals surface area contributed by atoms with Crippen LogP contribution in [0.3, 0.4) is 0 Å². The summed E-state index contributed by atoms with van der Waals surface area (Å²) >= 11 is 0. The van der Waals surface area contributed by atoms with E-state index >= 15 is 0 Å². The maximum atomic E-state index is 9.66. The lowest BCUT2D eigenvalue weighted by molar-refractivity contribution is 0.0283. The molecule has 2 nitrogen and oxygen atoms in total. The molecule has 1 N–H and O–H groups in total. The lowest BCUT2D eigenvalue weighted by Crippen LogP contribution is -2.33. The number of hydrogen-bond donors (Lipinski definition) is 1. The molecule has 1 heterocycles. The van der Waals surface area contributed by atoms with E-state index in [0.717, 1.165) is 18.8 Å². The minimum absolute atomic E-state index is 0.00978. The third kappa shape index (κ3) is 3.22. The molecule has 0 bridgehead atoms. The second-order valence-corrected chi connectivity index (χ2v) is 6.84. The molecule has 0 unspecified atom stereocenters. The van der Waals surface area contributed by atoms with Crippen molar-refractivity contribution in [3.05, 3.63) is 24.2 Å². The molecule has 2 aliphatic rings. The van der Waals surface area contributed by atoms with Crippen LogP contribution in [0.4, 0.5) is 0 Å². The summed E-state index contributed by atoms with van der Waals surface area (Å²) in [7, 11) is 0. The van der Waals surface area contributed by atoms with E-state index in [0.29, 0.717) is 5.41 Å². The minimum Gasteiger partial charge on any atom is -0.472 e. The monoisotopic (exact) mass is 262 g/mol. The van der Waals surface area contributed by atoms with Crippen molar-refractivity contribution in [1.82, 2.24) is 0 Å². The summed E-state index contributed by atoms with van der Waals surface area (Å²) in [6, 6.07) is 2.09. The quantitative estimate of drug-likeness (QED) is 0.880. The Morgan fingerprint density at radius 1 is 1.11 bits per heavy atom. The van der Waals surface area contributed by atoms with Crippen LogP contribution < -0.4 is 0 Å². The highest BCUT2D eigenvalue weighted by Gasteiger charge is 2.37. The van der Waals surface area contributed by atoms with Gasteiger partial charge in [-0.1, -0.05) is 0 Å². The van der Waals surface area contributed by atoms with Crippen molar-refractivity contribution >= 4 is 0 Å². The lowest BCUT2D eigenvalue weighted by Gasteiger charge is -2.44. The Bertz CT molecular complexity index is 364. The van der Waals surface area contributed by atoms with Gasteiger partial charge in [0.15, 0.2) is 0 Å². The average molecular weight is 262 g/mol. The number of aryl methyl sites for hydroxylation is 1. The van der Waals surface area contributed by atoms with Crippen molar-refractivity contribution in [2.45, 2.75) is 70.3 Å². The number of furan rings is 1. The maximum Gasteiger partial charge on any atom is 0.0934 e. The van der Waals surface area contributed by atoms with E-state index < -0.39 is 0 Å². The normalized spacial score (nSPS) is 35.6. The van der Waals surface area contributed by atoms with Crippen LogP contribution in [-0.2, 0) is 6.42 Å². The summed E-state index contributed by atoms with van der Waals surface area (Å²) in [5.74, 6) is 0.910. The summed E-state index contributed by atoms with van der Waals surface area (Å²) in [5, 5.41) is 9.66. The zero-order valence-corrected chi connectivity index (χ0v) is 11.8. The fourth-order valence-electron chi connectivity index (χ4n) is 4.10. The second kappa shape index (κ2) is 5.70. The first-order valence-corrected chi connectivity index (χ1v) is 7.95. The van der Waals surface area contributed by atoms with E-state index in [-0.39, 0.29) is 6.10 Å². The van der Waals surface area contributed by atoms with Crippen molar-refractivity contribution in [2.24, 2.45) is 11.3 Å². The lowest BCUT2D eigenvalue weighted by atomic mass is 9.62. The largest absolute Gasteiger partial charge is 0.472 e. The molecule has 3 rings (SSSR count). The summed E-state index contributed by atoms with van der Waals surface area (Å²) in [6.07, 6.45) is 16.3. The molecule has 1 spiro atoms. The van der Waals surface area contributed by atoms with Crippen molar-refractivity contribution in [3.8, 4) is 0 Å². The Labute approximate surface area is 116 Å². The van der Waals surface area contributed by atoms with E-state index in [1.165, 1.54) is 56.9 Å². The van der Waals surface area contributed by atoms with Crippen LogP contribution in [0.2, 0.25) is 0 Å². The minimum atomic E-state index is -0.00978. The Balaban J connectivity index is 1.44. The fourth-order valence-corrected chi connectivity index (χ4v) is 4.10. The Morgan fingerprint density at radius 3 is 2.42 bits per heavy atom. The molecule has 0 aromatic carbocycles. The SMILES string of the molecule is OC1CCC2(CC1)CCC(CCc1ccoc1)CC2. The molecule has 2 saturated carbocycles. The van der Waals surface area contributed by atoms with Gasteiger partial charge < -0.3 is 9.52 Å². The number of aliphatic hydroxyl groups excluding tert-OH is 1. The van der Waals surface area contributed by atoms with Gasteiger partial charge in [-0.25, -0.2) is 0 Å². The van der Waals surface area contributed by atoms with E-state index in [9.17, 15) is 5.11 Å². The van der Waals surface area contributed by atoms with Crippen LogP contribution >= 0.6 is 0 Å². The smallest absolute Gasteiger partial charge is 0.0934 e. The molecule has 0 atom stereocenters. The molecule has 0 amide bonds. The van der Waals surface area contributed by atoms with Crippen molar-refractivity contribution in [2.75, 3.05) is 0 Å². The summed E-state index contributed by atoms with van der Waals surface area (Å²) in [6.45, 7) is 0. The first-order chi connectivity index (χ1) is 9.26. The van der Waals surface area contributed by atoms with Gasteiger partial charge >= 0.3 is 0 Å². The van der Waals surface area contributed by atoms with E-state index in [1.54, 1.807) is 6.26 Å². The Morgan fingerprint density at radius 2 is 1.79 bits per heavy atom. The van der Waals surface area contributed by atoms with Gasteiger partial charge in [0.25, 0.3) is 0 Å². The molecular weight excluding hydrogens is 236 g/mol. The molecule has 0 aliphatic heterocycles. The number of aliphatic hydroxyl groups is 1. The predicted octanol–water partition coefficient (Wildman–Crippen LogP) is 4.32. The van der Waals surface area contributed by atoms with Crippen LogP contribution in [0.15, 0.2) is 23.0 Å². The molecule has 0 radical (unpaired) electrons. The van der Waals surface area contributed by atoms with Crippen LogP contribution in [0.5, 0.6) is 0 Å². The van der Waals surface area contributed by atoms with Crippen LogP contribution in [0.1, 0.15) is 63.4 Å². The molecule has 2 fully saturated rings. The fraction of sp³-hybridized carbons (Fsp3) is 0.765. The van der Waals surface area contributed by atoms with Gasteiger partial charge in [0.1, 0.15) is 0 Å². The van der Waals surface area contributed by atoms with Crippen LogP contribution in [0, 0.1) is 11.3 Å². The van der Waals surface area contributed by atoms with Gasteiger partial charge in [-0.15, -0.1) is 0 Å². The molecule has 19 heavy (non-hydrogen) atoms. The van der Waals surface area contributed by atoms with Crippen LogP contribution in [0.25, 0.3) is 0 Å². The number of hydrogen-bond acceptors (Lipinski definition) is 2. The molecule has 2 heteroatoms. The van der Waals surface area contributed by atoms with Gasteiger partial charge in [0.2, 0.25) is 0 Å². The van der Waals surface area contributed by atoms with Crippen LogP contribution in [-0.4, -0.2) is 11.2 Å². The topological polar surface area (TPSA) is 33.4 Å². The predicted molar refractivity (Wildman–Crippen MR) is 75.9 cm³/mol. The van der Waals surface area contributed by atoms with Crippen molar-refractivity contribution < 1.29 is 9.52 Å². The van der Waals surface area contributed by atoms with Crippen molar-refractivity contribution in [3.63, 3.8) is 0 Å². The molecular formula is C17H26O2. The molecule has 106 valence electrons. The molecule has 1 aromatic rings. The highest BCUT2D eigenvalue weighted by atomic mass is 16.3. The Hall–Kier alpha value is -0.760. The van der Waals surface area contributed by atoms with Gasteiger partial charge in [0, 0.05) is 0 Å². The first-order valence-electron chi connectivity index (χ1n) is 7.95. The van der Waals surface area contributed by atoms with E-state index in [4.69, 9.17) is 4.42 Å². The van der Waals surface area contributed by atoms with Gasteiger partial charge in [-0.3, -0.25) is 0 Å². The molecule has 2 aliphatic carbocycles. The van der Waals surface area contributed by atoms with E-state index in [1.807, 2.05) is 6.26 Å². The summed E-state index contributed by atoms with van der Waals surface area (Å²) < 4.78 is 5.13. The highest BCUT2D eigenvalue weighted by Crippen LogP contribution is 2.49. The van der Waals surface area contributed by atoms with Crippen molar-refractivity contribution in [1.29, 1.82) is 0 Å². The third-order valence-electron chi connectivity index (χ3n) is 5.60. The molecule has 0 saturated heterocycles.